The lowest BCUT2D eigenvalue weighted by molar-refractivity contribution is -0.384. The fourth-order valence-electron chi connectivity index (χ4n) is 1.98. The van der Waals surface area contributed by atoms with Crippen molar-refractivity contribution in [1.29, 1.82) is 0 Å². The van der Waals surface area contributed by atoms with Gasteiger partial charge in [0.15, 0.2) is 11.5 Å². The standard InChI is InChI=1S/C17H11ClN4O4/c18-12-5-6-15(19-9-12)20-10-14-17(23)26-16(21-14)7-4-11-2-1-3-13(8-11)22(24)25/h1-10,23H/b7-4+,20-10?. The molecule has 0 fully saturated rings. The number of nitro groups is 1. The Morgan fingerprint density at radius 2 is 2.12 bits per heavy atom. The molecule has 0 aliphatic carbocycles. The van der Waals surface area contributed by atoms with Crippen molar-refractivity contribution < 1.29 is 14.4 Å². The number of nitro benzene ring substituents is 1. The van der Waals surface area contributed by atoms with Crippen molar-refractivity contribution in [2.75, 3.05) is 0 Å². The molecule has 0 aliphatic rings. The highest BCUT2D eigenvalue weighted by atomic mass is 35.5. The Balaban J connectivity index is 1.76. The van der Waals surface area contributed by atoms with Gasteiger partial charge in [0.1, 0.15) is 0 Å². The molecule has 0 saturated heterocycles. The minimum Gasteiger partial charge on any atom is -0.479 e. The third-order valence-corrected chi connectivity index (χ3v) is 3.40. The van der Waals surface area contributed by atoms with Gasteiger partial charge in [0.05, 0.1) is 16.2 Å². The maximum absolute atomic E-state index is 10.8. The first-order valence-electron chi connectivity index (χ1n) is 7.29. The summed E-state index contributed by atoms with van der Waals surface area (Å²) in [5, 5.41) is 21.0. The van der Waals surface area contributed by atoms with E-state index in [2.05, 4.69) is 15.0 Å². The van der Waals surface area contributed by atoms with Gasteiger partial charge in [-0.1, -0.05) is 23.7 Å². The SMILES string of the molecule is O=[N+]([O-])c1cccc(/C=C/c2nc(C=Nc3ccc(Cl)cn3)c(O)o2)c1. The van der Waals surface area contributed by atoms with E-state index >= 15 is 0 Å². The predicted octanol–water partition coefficient (Wildman–Crippen LogP) is 4.26. The van der Waals surface area contributed by atoms with Gasteiger partial charge in [-0.15, -0.1) is 0 Å². The van der Waals surface area contributed by atoms with Crippen LogP contribution in [-0.2, 0) is 0 Å². The Bertz CT molecular complexity index is 996. The van der Waals surface area contributed by atoms with E-state index in [9.17, 15) is 15.2 Å². The zero-order valence-corrected chi connectivity index (χ0v) is 13.9. The molecule has 8 nitrogen and oxygen atoms in total. The maximum atomic E-state index is 10.8. The van der Waals surface area contributed by atoms with Gasteiger partial charge in [0.25, 0.3) is 5.69 Å². The molecular formula is C17H11ClN4O4. The van der Waals surface area contributed by atoms with Crippen molar-refractivity contribution in [3.8, 4) is 5.95 Å². The second-order valence-corrected chi connectivity index (χ2v) is 5.46. The molecule has 3 aromatic rings. The Morgan fingerprint density at radius 1 is 1.27 bits per heavy atom. The summed E-state index contributed by atoms with van der Waals surface area (Å²) in [7, 11) is 0. The highest BCUT2D eigenvalue weighted by molar-refractivity contribution is 6.30. The summed E-state index contributed by atoms with van der Waals surface area (Å²) >= 11 is 5.74. The molecule has 1 N–H and O–H groups in total. The fraction of sp³-hybridized carbons (Fsp3) is 0. The summed E-state index contributed by atoms with van der Waals surface area (Å²) < 4.78 is 5.11. The topological polar surface area (TPSA) is 115 Å². The monoisotopic (exact) mass is 370 g/mol. The van der Waals surface area contributed by atoms with Gasteiger partial charge in [0.2, 0.25) is 5.89 Å². The van der Waals surface area contributed by atoms with E-state index in [4.69, 9.17) is 16.0 Å². The second kappa shape index (κ2) is 7.58. The number of benzene rings is 1. The predicted molar refractivity (Wildman–Crippen MR) is 96.7 cm³/mol. The van der Waals surface area contributed by atoms with Crippen molar-refractivity contribution in [2.45, 2.75) is 0 Å². The lowest BCUT2D eigenvalue weighted by Gasteiger charge is -1.93. The molecule has 0 aliphatic heterocycles. The van der Waals surface area contributed by atoms with Crippen LogP contribution in [0.5, 0.6) is 5.95 Å². The van der Waals surface area contributed by atoms with Gasteiger partial charge >= 0.3 is 5.95 Å². The summed E-state index contributed by atoms with van der Waals surface area (Å²) in [5.74, 6) is 0.117. The van der Waals surface area contributed by atoms with Crippen LogP contribution in [0.25, 0.3) is 12.2 Å². The minimum absolute atomic E-state index is 0.0225. The average Bonchev–Trinajstić information content (AvgIpc) is 2.99. The number of pyridine rings is 1. The second-order valence-electron chi connectivity index (χ2n) is 5.02. The van der Waals surface area contributed by atoms with E-state index in [1.54, 1.807) is 30.3 Å². The van der Waals surface area contributed by atoms with Gasteiger partial charge in [0, 0.05) is 24.4 Å². The molecule has 2 heterocycles. The third-order valence-electron chi connectivity index (χ3n) is 3.18. The molecule has 9 heteroatoms. The zero-order chi connectivity index (χ0) is 18.5. The van der Waals surface area contributed by atoms with Crippen molar-refractivity contribution in [2.24, 2.45) is 4.99 Å². The Labute approximate surface area is 152 Å². The summed E-state index contributed by atoms with van der Waals surface area (Å²) in [6.07, 6.45) is 5.82. The number of oxazole rings is 1. The van der Waals surface area contributed by atoms with E-state index in [1.165, 1.54) is 30.6 Å². The van der Waals surface area contributed by atoms with Gasteiger partial charge in [-0.25, -0.2) is 15.0 Å². The van der Waals surface area contributed by atoms with Gasteiger partial charge in [-0.3, -0.25) is 10.1 Å². The average molecular weight is 371 g/mol. The quantitative estimate of drug-likeness (QED) is 0.407. The van der Waals surface area contributed by atoms with E-state index in [-0.39, 0.29) is 17.3 Å². The first kappa shape index (κ1) is 17.3. The molecule has 3 rings (SSSR count). The van der Waals surface area contributed by atoms with Gasteiger partial charge in [-0.05, 0) is 23.8 Å². The highest BCUT2D eigenvalue weighted by Crippen LogP contribution is 2.20. The zero-order valence-electron chi connectivity index (χ0n) is 13.1. The number of hydrogen-bond donors (Lipinski definition) is 1. The lowest BCUT2D eigenvalue weighted by Crippen LogP contribution is -1.87. The number of rotatable bonds is 5. The van der Waals surface area contributed by atoms with Crippen LogP contribution < -0.4 is 0 Å². The number of hydrogen-bond acceptors (Lipinski definition) is 7. The number of aromatic hydroxyl groups is 1. The van der Waals surface area contributed by atoms with Crippen molar-refractivity contribution in [3.63, 3.8) is 0 Å². The van der Waals surface area contributed by atoms with Crippen molar-refractivity contribution in [1.82, 2.24) is 9.97 Å². The van der Waals surface area contributed by atoms with Crippen LogP contribution in [0.2, 0.25) is 5.02 Å². The Morgan fingerprint density at radius 3 is 2.85 bits per heavy atom. The number of halogens is 1. The van der Waals surface area contributed by atoms with Crippen molar-refractivity contribution >= 4 is 41.5 Å². The van der Waals surface area contributed by atoms with E-state index in [0.717, 1.165) is 0 Å². The first-order valence-corrected chi connectivity index (χ1v) is 7.67. The molecule has 0 saturated carbocycles. The molecule has 0 atom stereocenters. The van der Waals surface area contributed by atoms with E-state index in [1.807, 2.05) is 0 Å². The molecule has 2 aromatic heterocycles. The largest absolute Gasteiger partial charge is 0.479 e. The molecule has 1 aromatic carbocycles. The summed E-state index contributed by atoms with van der Waals surface area (Å²) in [4.78, 5) is 22.4. The van der Waals surface area contributed by atoms with Gasteiger partial charge in [-0.2, -0.15) is 0 Å². The van der Waals surface area contributed by atoms with Crippen LogP contribution in [0, 0.1) is 10.1 Å². The van der Waals surface area contributed by atoms with Crippen LogP contribution in [0.3, 0.4) is 0 Å². The summed E-state index contributed by atoms with van der Waals surface area (Å²) in [6.45, 7) is 0. The number of non-ortho nitro benzene ring substituents is 1. The molecule has 0 spiro atoms. The number of nitrogens with zero attached hydrogens (tertiary/aromatic N) is 4. The van der Waals surface area contributed by atoms with Gasteiger partial charge < -0.3 is 9.52 Å². The molecule has 26 heavy (non-hydrogen) atoms. The molecule has 0 amide bonds. The highest BCUT2D eigenvalue weighted by Gasteiger charge is 2.09. The normalized spacial score (nSPS) is 11.4. The molecule has 0 bridgehead atoms. The smallest absolute Gasteiger partial charge is 0.312 e. The maximum Gasteiger partial charge on any atom is 0.312 e. The molecule has 130 valence electrons. The Kier molecular flexibility index (Phi) is 5.04. The van der Waals surface area contributed by atoms with Crippen LogP contribution in [-0.4, -0.2) is 26.2 Å². The molecule has 0 unspecified atom stereocenters. The van der Waals surface area contributed by atoms with E-state index < -0.39 is 10.9 Å². The molecular weight excluding hydrogens is 360 g/mol. The van der Waals surface area contributed by atoms with Crippen LogP contribution in [0.15, 0.2) is 52.0 Å². The van der Waals surface area contributed by atoms with E-state index in [0.29, 0.717) is 16.4 Å². The summed E-state index contributed by atoms with van der Waals surface area (Å²) in [5.41, 5.74) is 0.698. The number of aromatic nitrogens is 2. The van der Waals surface area contributed by atoms with Crippen LogP contribution >= 0.6 is 11.6 Å². The molecule has 0 radical (unpaired) electrons. The minimum atomic E-state index is -0.478. The third kappa shape index (κ3) is 4.31. The fourth-order valence-corrected chi connectivity index (χ4v) is 2.09. The van der Waals surface area contributed by atoms with Crippen LogP contribution in [0.1, 0.15) is 17.1 Å². The summed E-state index contributed by atoms with van der Waals surface area (Å²) in [6, 6.07) is 9.32. The Hall–Kier alpha value is -3.52. The number of aliphatic imine (C=N–C) groups is 1. The lowest BCUT2D eigenvalue weighted by atomic mass is 10.2. The van der Waals surface area contributed by atoms with Crippen LogP contribution in [0.4, 0.5) is 11.5 Å². The van der Waals surface area contributed by atoms with Crippen molar-refractivity contribution in [3.05, 3.63) is 74.9 Å². The first-order chi connectivity index (χ1) is 12.5.